The van der Waals surface area contributed by atoms with E-state index in [1.165, 1.54) is 18.6 Å². The highest BCUT2D eigenvalue weighted by molar-refractivity contribution is 7.99. The van der Waals surface area contributed by atoms with E-state index in [2.05, 4.69) is 10.3 Å². The molecule has 2 heterocycles. The maximum absolute atomic E-state index is 5.43. The molecule has 0 bridgehead atoms. The van der Waals surface area contributed by atoms with Gasteiger partial charge in [0, 0.05) is 6.54 Å². The van der Waals surface area contributed by atoms with Crippen molar-refractivity contribution in [1.29, 1.82) is 0 Å². The minimum Gasteiger partial charge on any atom is -0.447 e. The molecule has 1 saturated heterocycles. The Labute approximate surface area is 82.3 Å². The quantitative estimate of drug-likeness (QED) is 0.805. The van der Waals surface area contributed by atoms with Crippen LogP contribution in [0.15, 0.2) is 10.7 Å². The van der Waals surface area contributed by atoms with Crippen molar-refractivity contribution in [3.8, 4) is 0 Å². The van der Waals surface area contributed by atoms with Crippen molar-refractivity contribution in [2.45, 2.75) is 24.6 Å². The van der Waals surface area contributed by atoms with E-state index < -0.39 is 0 Å². The van der Waals surface area contributed by atoms with Crippen molar-refractivity contribution in [1.82, 2.24) is 10.3 Å². The van der Waals surface area contributed by atoms with Gasteiger partial charge in [0.05, 0.1) is 10.9 Å². The van der Waals surface area contributed by atoms with Crippen molar-refractivity contribution >= 4 is 11.8 Å². The molecule has 1 aromatic heterocycles. The zero-order valence-corrected chi connectivity index (χ0v) is 8.56. The molecular formula is C9H14N2OS. The molecule has 1 atom stereocenters. The van der Waals surface area contributed by atoms with Gasteiger partial charge in [0.15, 0.2) is 0 Å². The van der Waals surface area contributed by atoms with Crippen LogP contribution in [-0.2, 0) is 6.54 Å². The number of aromatic nitrogens is 1. The van der Waals surface area contributed by atoms with Gasteiger partial charge in [-0.25, -0.2) is 4.98 Å². The summed E-state index contributed by atoms with van der Waals surface area (Å²) in [5.41, 5.74) is 1.00. The number of oxazole rings is 1. The first kappa shape index (κ1) is 9.09. The molecule has 1 aliphatic heterocycles. The van der Waals surface area contributed by atoms with E-state index >= 15 is 0 Å². The lowest BCUT2D eigenvalue weighted by Crippen LogP contribution is -2.05. The predicted molar refractivity (Wildman–Crippen MR) is 53.7 cm³/mol. The third-order valence-corrected chi connectivity index (χ3v) is 3.50. The first-order chi connectivity index (χ1) is 6.40. The molecule has 0 spiro atoms. The van der Waals surface area contributed by atoms with Crippen molar-refractivity contribution in [3.63, 3.8) is 0 Å². The van der Waals surface area contributed by atoms with E-state index in [-0.39, 0.29) is 0 Å². The molecule has 0 aromatic carbocycles. The van der Waals surface area contributed by atoms with Crippen LogP contribution in [0.2, 0.25) is 0 Å². The summed E-state index contributed by atoms with van der Waals surface area (Å²) in [6.45, 7) is 0.793. The number of thioether (sulfide) groups is 1. The lowest BCUT2D eigenvalue weighted by Gasteiger charge is -2.00. The SMILES string of the molecule is CNCc1coc(C2CCCS2)n1. The largest absolute Gasteiger partial charge is 0.447 e. The van der Waals surface area contributed by atoms with Crippen LogP contribution in [0, 0.1) is 0 Å². The summed E-state index contributed by atoms with van der Waals surface area (Å²) >= 11 is 1.95. The Morgan fingerprint density at radius 2 is 2.69 bits per heavy atom. The molecule has 13 heavy (non-hydrogen) atoms. The molecule has 0 aliphatic carbocycles. The Bertz CT molecular complexity index is 268. The van der Waals surface area contributed by atoms with Gasteiger partial charge < -0.3 is 9.73 Å². The van der Waals surface area contributed by atoms with Gasteiger partial charge in [0.25, 0.3) is 0 Å². The Hall–Kier alpha value is -0.480. The van der Waals surface area contributed by atoms with Gasteiger partial charge in [0.2, 0.25) is 5.89 Å². The summed E-state index contributed by atoms with van der Waals surface area (Å²) < 4.78 is 5.43. The summed E-state index contributed by atoms with van der Waals surface area (Å²) in [6, 6.07) is 0. The number of hydrogen-bond acceptors (Lipinski definition) is 4. The third kappa shape index (κ3) is 2.06. The lowest BCUT2D eigenvalue weighted by molar-refractivity contribution is 0.486. The monoisotopic (exact) mass is 198 g/mol. The van der Waals surface area contributed by atoms with Gasteiger partial charge in [-0.05, 0) is 25.6 Å². The topological polar surface area (TPSA) is 38.1 Å². The van der Waals surface area contributed by atoms with Crippen LogP contribution in [0.5, 0.6) is 0 Å². The Balaban J connectivity index is 2.03. The summed E-state index contributed by atoms with van der Waals surface area (Å²) in [7, 11) is 1.92. The van der Waals surface area contributed by atoms with Crippen LogP contribution in [0.25, 0.3) is 0 Å². The van der Waals surface area contributed by atoms with Crippen LogP contribution < -0.4 is 5.32 Å². The van der Waals surface area contributed by atoms with Crippen LogP contribution in [0.3, 0.4) is 0 Å². The average Bonchev–Trinajstić information content (AvgIpc) is 2.70. The molecule has 3 nitrogen and oxygen atoms in total. The summed E-state index contributed by atoms with van der Waals surface area (Å²) in [4.78, 5) is 4.43. The van der Waals surface area contributed by atoms with Crippen molar-refractivity contribution in [2.75, 3.05) is 12.8 Å². The first-order valence-electron chi connectivity index (χ1n) is 4.60. The van der Waals surface area contributed by atoms with E-state index in [9.17, 15) is 0 Å². The van der Waals surface area contributed by atoms with E-state index in [0.717, 1.165) is 18.1 Å². The van der Waals surface area contributed by atoms with Gasteiger partial charge >= 0.3 is 0 Å². The average molecular weight is 198 g/mol. The van der Waals surface area contributed by atoms with Crippen LogP contribution in [-0.4, -0.2) is 17.8 Å². The highest BCUT2D eigenvalue weighted by Gasteiger charge is 2.22. The smallest absolute Gasteiger partial charge is 0.207 e. The van der Waals surface area contributed by atoms with E-state index in [0.29, 0.717) is 5.25 Å². The second-order valence-corrected chi connectivity index (χ2v) is 4.52. The predicted octanol–water partition coefficient (Wildman–Crippen LogP) is 1.96. The molecule has 4 heteroatoms. The molecule has 1 fully saturated rings. The highest BCUT2D eigenvalue weighted by atomic mass is 32.2. The molecule has 2 rings (SSSR count). The van der Waals surface area contributed by atoms with Gasteiger partial charge in [-0.2, -0.15) is 0 Å². The van der Waals surface area contributed by atoms with Gasteiger partial charge in [-0.1, -0.05) is 0 Å². The summed E-state index contributed by atoms with van der Waals surface area (Å²) in [6.07, 6.45) is 4.26. The molecule has 0 amide bonds. The highest BCUT2D eigenvalue weighted by Crippen LogP contribution is 2.39. The van der Waals surface area contributed by atoms with Crippen molar-refractivity contribution < 1.29 is 4.42 Å². The fraction of sp³-hybridized carbons (Fsp3) is 0.667. The standard InChI is InChI=1S/C9H14N2OS/c1-10-5-7-6-12-9(11-7)8-3-2-4-13-8/h6,8,10H,2-5H2,1H3. The molecule has 0 radical (unpaired) electrons. The summed E-state index contributed by atoms with van der Waals surface area (Å²) in [5, 5.41) is 3.56. The number of rotatable bonds is 3. The molecule has 1 N–H and O–H groups in total. The number of nitrogens with one attached hydrogen (secondary N) is 1. The molecule has 0 saturated carbocycles. The second-order valence-electron chi connectivity index (χ2n) is 3.21. The number of hydrogen-bond donors (Lipinski definition) is 1. The minimum atomic E-state index is 0.505. The normalized spacial score (nSPS) is 22.4. The van der Waals surface area contributed by atoms with Crippen LogP contribution >= 0.6 is 11.8 Å². The zero-order valence-electron chi connectivity index (χ0n) is 7.75. The molecule has 1 aromatic rings. The van der Waals surface area contributed by atoms with Crippen LogP contribution in [0.1, 0.15) is 29.7 Å². The molecule has 72 valence electrons. The molecule has 1 aliphatic rings. The lowest BCUT2D eigenvalue weighted by atomic mass is 10.2. The fourth-order valence-corrected chi connectivity index (χ4v) is 2.71. The fourth-order valence-electron chi connectivity index (χ4n) is 1.51. The van der Waals surface area contributed by atoms with Gasteiger partial charge in [0.1, 0.15) is 6.26 Å². The second kappa shape index (κ2) is 4.15. The summed E-state index contributed by atoms with van der Waals surface area (Å²) in [5.74, 6) is 2.15. The number of nitrogens with zero attached hydrogens (tertiary/aromatic N) is 1. The molecular weight excluding hydrogens is 184 g/mol. The maximum atomic E-state index is 5.43. The maximum Gasteiger partial charge on any atom is 0.207 e. The Morgan fingerprint density at radius 1 is 1.77 bits per heavy atom. The van der Waals surface area contributed by atoms with Crippen LogP contribution in [0.4, 0.5) is 0 Å². The van der Waals surface area contributed by atoms with E-state index in [1.807, 2.05) is 18.8 Å². The Kier molecular flexibility index (Phi) is 2.90. The van der Waals surface area contributed by atoms with Crippen molar-refractivity contribution in [2.24, 2.45) is 0 Å². The first-order valence-corrected chi connectivity index (χ1v) is 5.65. The van der Waals surface area contributed by atoms with Gasteiger partial charge in [-0.3, -0.25) is 0 Å². The third-order valence-electron chi connectivity index (χ3n) is 2.13. The zero-order chi connectivity index (χ0) is 9.10. The molecule has 1 unspecified atom stereocenters. The van der Waals surface area contributed by atoms with Crippen molar-refractivity contribution in [3.05, 3.63) is 17.8 Å². The Morgan fingerprint density at radius 3 is 3.38 bits per heavy atom. The van der Waals surface area contributed by atoms with E-state index in [4.69, 9.17) is 4.42 Å². The van der Waals surface area contributed by atoms with Gasteiger partial charge in [-0.15, -0.1) is 11.8 Å². The van der Waals surface area contributed by atoms with E-state index in [1.54, 1.807) is 6.26 Å². The minimum absolute atomic E-state index is 0.505.